The first-order valence-corrected chi connectivity index (χ1v) is 9.83. The molecule has 0 spiro atoms. The summed E-state index contributed by atoms with van der Waals surface area (Å²) in [5.41, 5.74) is 2.10. The molecule has 2 rings (SSSR count). The zero-order valence-corrected chi connectivity index (χ0v) is 18.0. The van der Waals surface area contributed by atoms with Crippen molar-refractivity contribution in [2.75, 3.05) is 5.88 Å². The molecule has 0 atom stereocenters. The molecule has 2 aromatic heterocycles. The number of hydrogen-bond donors (Lipinski definition) is 2. The van der Waals surface area contributed by atoms with Crippen molar-refractivity contribution in [2.24, 2.45) is 14.1 Å². The van der Waals surface area contributed by atoms with Gasteiger partial charge in [-0.2, -0.15) is 10.2 Å². The Kier molecular flexibility index (Phi) is 12.6. The number of unbranched alkanes of at least 4 members (excludes halogenated alkanes) is 2. The van der Waals surface area contributed by atoms with E-state index in [-0.39, 0.29) is 11.4 Å². The largest absolute Gasteiger partial charge is 0.477 e. The number of carbonyl (C=O) groups is 2. The van der Waals surface area contributed by atoms with E-state index in [1.165, 1.54) is 28.6 Å². The van der Waals surface area contributed by atoms with Crippen LogP contribution in [0.3, 0.4) is 0 Å². The molecule has 8 nitrogen and oxygen atoms in total. The second-order valence-corrected chi connectivity index (χ2v) is 6.38. The van der Waals surface area contributed by atoms with Crippen molar-refractivity contribution >= 4 is 23.5 Å². The highest BCUT2D eigenvalue weighted by Crippen LogP contribution is 2.03. The molecule has 0 saturated carbocycles. The van der Waals surface area contributed by atoms with Crippen molar-refractivity contribution in [1.29, 1.82) is 0 Å². The molecule has 2 N–H and O–H groups in total. The third kappa shape index (κ3) is 9.03. The van der Waals surface area contributed by atoms with Crippen LogP contribution in [0.1, 0.15) is 72.4 Å². The molecule has 28 heavy (non-hydrogen) atoms. The number of rotatable bonds is 7. The first-order valence-electron chi connectivity index (χ1n) is 9.29. The van der Waals surface area contributed by atoms with Crippen LogP contribution >= 0.6 is 11.6 Å². The Morgan fingerprint density at radius 3 is 1.43 bits per heavy atom. The zero-order valence-electron chi connectivity index (χ0n) is 17.3. The lowest BCUT2D eigenvalue weighted by atomic mass is 10.3. The van der Waals surface area contributed by atoms with Crippen LogP contribution in [0.25, 0.3) is 0 Å². The molecule has 0 aromatic carbocycles. The Bertz CT molecular complexity index is 678. The Hall–Kier alpha value is -2.35. The van der Waals surface area contributed by atoms with Crippen LogP contribution < -0.4 is 0 Å². The fraction of sp³-hybridized carbons (Fsp3) is 0.579. The number of carboxylic acid groups (broad SMARTS) is 2. The van der Waals surface area contributed by atoms with Crippen LogP contribution in [0.4, 0.5) is 0 Å². The maximum absolute atomic E-state index is 10.5. The van der Waals surface area contributed by atoms with E-state index < -0.39 is 11.9 Å². The molecular formula is C19H31ClN4O4. The predicted octanol–water partition coefficient (Wildman–Crippen LogP) is 3.78. The van der Waals surface area contributed by atoms with Crippen molar-refractivity contribution in [3.05, 3.63) is 34.9 Å². The minimum atomic E-state index is -0.931. The normalized spacial score (nSPS) is 9.79. The second-order valence-electron chi connectivity index (χ2n) is 6.00. The summed E-state index contributed by atoms with van der Waals surface area (Å²) in [6.45, 7) is 6.05. The summed E-state index contributed by atoms with van der Waals surface area (Å²) in [7, 11) is 3.26. The van der Waals surface area contributed by atoms with Gasteiger partial charge in [0.1, 0.15) is 11.4 Å². The van der Waals surface area contributed by atoms with Crippen LogP contribution in [0.5, 0.6) is 0 Å². The molecule has 0 amide bonds. The van der Waals surface area contributed by atoms with Gasteiger partial charge in [-0.1, -0.05) is 33.6 Å². The van der Waals surface area contributed by atoms with Gasteiger partial charge in [-0.25, -0.2) is 9.59 Å². The molecule has 158 valence electrons. The number of nitrogens with zero attached hydrogens (tertiary/aromatic N) is 4. The summed E-state index contributed by atoms with van der Waals surface area (Å²) in [5.74, 6) is -1.03. The van der Waals surface area contributed by atoms with Crippen molar-refractivity contribution < 1.29 is 19.8 Å². The van der Waals surface area contributed by atoms with E-state index in [1.54, 1.807) is 26.2 Å². The maximum atomic E-state index is 10.5. The van der Waals surface area contributed by atoms with Crippen molar-refractivity contribution in [1.82, 2.24) is 19.6 Å². The highest BCUT2D eigenvalue weighted by Gasteiger charge is 2.10. The van der Waals surface area contributed by atoms with E-state index in [9.17, 15) is 9.59 Å². The monoisotopic (exact) mass is 414 g/mol. The highest BCUT2D eigenvalue weighted by molar-refractivity contribution is 6.17. The molecule has 9 heteroatoms. The number of aromatic carboxylic acids is 2. The Balaban J connectivity index is 0.000000411. The van der Waals surface area contributed by atoms with Gasteiger partial charge < -0.3 is 10.2 Å². The van der Waals surface area contributed by atoms with Crippen molar-refractivity contribution in [3.63, 3.8) is 0 Å². The summed E-state index contributed by atoms with van der Waals surface area (Å²) in [5, 5.41) is 25.2. The fourth-order valence-corrected chi connectivity index (χ4v) is 2.33. The van der Waals surface area contributed by atoms with Gasteiger partial charge in [-0.3, -0.25) is 9.36 Å². The van der Waals surface area contributed by atoms with Gasteiger partial charge >= 0.3 is 11.9 Å². The third-order valence-corrected chi connectivity index (χ3v) is 4.03. The second kappa shape index (κ2) is 13.8. The summed E-state index contributed by atoms with van der Waals surface area (Å²) in [6, 6.07) is 3.17. The smallest absolute Gasteiger partial charge is 0.354 e. The number of carboxylic acids is 2. The molecular weight excluding hydrogens is 384 g/mol. The lowest BCUT2D eigenvalue weighted by Gasteiger charge is -1.91. The van der Waals surface area contributed by atoms with E-state index >= 15 is 0 Å². The minimum absolute atomic E-state index is 0.238. The molecule has 0 fully saturated rings. The van der Waals surface area contributed by atoms with E-state index in [4.69, 9.17) is 21.8 Å². The molecule has 0 saturated heterocycles. The lowest BCUT2D eigenvalue weighted by Crippen LogP contribution is -2.04. The van der Waals surface area contributed by atoms with Gasteiger partial charge in [-0.15, -0.1) is 11.6 Å². The quantitative estimate of drug-likeness (QED) is 0.527. The number of alkyl halides is 1. The average Bonchev–Trinajstić information content (AvgIpc) is 3.23. The number of aromatic nitrogens is 4. The zero-order chi connectivity index (χ0) is 21.7. The first kappa shape index (κ1) is 25.6. The summed E-state index contributed by atoms with van der Waals surface area (Å²) in [6.07, 6.45) is 5.26. The number of aryl methyl sites for hydroxylation is 4. The summed E-state index contributed by atoms with van der Waals surface area (Å²) < 4.78 is 2.75. The molecule has 2 heterocycles. The summed E-state index contributed by atoms with van der Waals surface area (Å²) >= 11 is 5.38. The van der Waals surface area contributed by atoms with Crippen molar-refractivity contribution in [3.8, 4) is 0 Å². The average molecular weight is 415 g/mol. The first-order chi connectivity index (χ1) is 13.2. The maximum Gasteiger partial charge on any atom is 0.354 e. The van der Waals surface area contributed by atoms with E-state index in [2.05, 4.69) is 17.1 Å². The van der Waals surface area contributed by atoms with Crippen LogP contribution in [0, 0.1) is 0 Å². The standard InChI is InChI=1S/2C7H10N2O2.C5H11Cl/c2*1-3-5-4-6(7(10)11)9(2)8-5;1-2-3-4-5-6/h2*4H,3H2,1-2H3,(H,10,11);2-5H2,1H3. The molecule has 2 aromatic rings. The van der Waals surface area contributed by atoms with E-state index in [0.29, 0.717) is 0 Å². The SMILES string of the molecule is CCCCCCl.CCc1cc(C(=O)O)n(C)n1.CCc1cc(C(=O)O)n(C)n1. The van der Waals surface area contributed by atoms with Gasteiger partial charge in [0.05, 0.1) is 11.4 Å². The molecule has 0 unspecified atom stereocenters. The molecule has 0 bridgehead atoms. The number of halogens is 1. The topological polar surface area (TPSA) is 110 Å². The summed E-state index contributed by atoms with van der Waals surface area (Å²) in [4.78, 5) is 21.0. The molecule has 0 aliphatic heterocycles. The molecule has 0 aliphatic rings. The van der Waals surface area contributed by atoms with Gasteiger partial charge in [0.15, 0.2) is 0 Å². The van der Waals surface area contributed by atoms with Gasteiger partial charge in [-0.05, 0) is 31.4 Å². The lowest BCUT2D eigenvalue weighted by molar-refractivity contribution is 0.0674. The molecule has 0 radical (unpaired) electrons. The Morgan fingerprint density at radius 1 is 0.893 bits per heavy atom. The van der Waals surface area contributed by atoms with Crippen molar-refractivity contribution in [2.45, 2.75) is 52.9 Å². The van der Waals surface area contributed by atoms with Crippen LogP contribution in [-0.4, -0.2) is 47.6 Å². The predicted molar refractivity (Wildman–Crippen MR) is 109 cm³/mol. The minimum Gasteiger partial charge on any atom is -0.477 e. The highest BCUT2D eigenvalue weighted by atomic mass is 35.5. The van der Waals surface area contributed by atoms with Gasteiger partial charge in [0.25, 0.3) is 0 Å². The fourth-order valence-electron chi connectivity index (χ4n) is 2.14. The van der Waals surface area contributed by atoms with Crippen LogP contribution in [0.2, 0.25) is 0 Å². The van der Waals surface area contributed by atoms with E-state index in [1.807, 2.05) is 13.8 Å². The van der Waals surface area contributed by atoms with Crippen LogP contribution in [0.15, 0.2) is 12.1 Å². The van der Waals surface area contributed by atoms with E-state index in [0.717, 1.165) is 30.1 Å². The van der Waals surface area contributed by atoms with Gasteiger partial charge in [0, 0.05) is 20.0 Å². The van der Waals surface area contributed by atoms with Crippen LogP contribution in [-0.2, 0) is 26.9 Å². The third-order valence-electron chi connectivity index (χ3n) is 3.76. The number of hydrogen-bond acceptors (Lipinski definition) is 4. The Labute approximate surface area is 171 Å². The molecule has 0 aliphatic carbocycles. The Morgan fingerprint density at radius 2 is 1.29 bits per heavy atom. The van der Waals surface area contributed by atoms with Gasteiger partial charge in [0.2, 0.25) is 0 Å².